The fraction of sp³-hybridized carbons (Fsp3) is 0.750. The molecular formula is C12H21N3O3. The third-order valence-electron chi connectivity index (χ3n) is 2.59. The fourth-order valence-electron chi connectivity index (χ4n) is 1.53. The second-order valence-electron chi connectivity index (χ2n) is 4.35. The molecule has 18 heavy (non-hydrogen) atoms. The highest BCUT2D eigenvalue weighted by molar-refractivity contribution is 5.76. The van der Waals surface area contributed by atoms with Gasteiger partial charge in [0.2, 0.25) is 0 Å². The molecule has 6 nitrogen and oxygen atoms in total. The van der Waals surface area contributed by atoms with E-state index in [4.69, 9.17) is 10.4 Å². The summed E-state index contributed by atoms with van der Waals surface area (Å²) in [6.07, 6.45) is 0.732. The van der Waals surface area contributed by atoms with Crippen molar-refractivity contribution >= 4 is 12.0 Å². The summed E-state index contributed by atoms with van der Waals surface area (Å²) in [6.45, 7) is 5.89. The van der Waals surface area contributed by atoms with Crippen molar-refractivity contribution in [1.29, 1.82) is 5.26 Å². The van der Waals surface area contributed by atoms with Gasteiger partial charge in [0, 0.05) is 18.6 Å². The van der Waals surface area contributed by atoms with Gasteiger partial charge in [0.1, 0.15) is 0 Å². The van der Waals surface area contributed by atoms with Gasteiger partial charge in [0.15, 0.2) is 0 Å². The molecule has 0 saturated heterocycles. The Morgan fingerprint density at radius 2 is 2.06 bits per heavy atom. The standard InChI is InChI=1S/C12H21N3O3/c1-4-10(8-11(16)17)14-12(18)15(9(2)3)7-5-6-13/h9-10H,4-5,7-8H2,1-3H3,(H,14,18)(H,16,17). The number of aliphatic carboxylic acids is 1. The molecule has 0 aromatic heterocycles. The molecule has 0 aromatic rings. The minimum Gasteiger partial charge on any atom is -0.481 e. The summed E-state index contributed by atoms with van der Waals surface area (Å²) in [4.78, 5) is 24.1. The normalized spacial score (nSPS) is 11.7. The molecule has 0 fully saturated rings. The van der Waals surface area contributed by atoms with Crippen molar-refractivity contribution in [3.05, 3.63) is 0 Å². The maximum absolute atomic E-state index is 12.0. The lowest BCUT2D eigenvalue weighted by Gasteiger charge is -2.28. The van der Waals surface area contributed by atoms with E-state index in [-0.39, 0.29) is 31.0 Å². The van der Waals surface area contributed by atoms with Crippen LogP contribution >= 0.6 is 0 Å². The second-order valence-corrected chi connectivity index (χ2v) is 4.35. The Morgan fingerprint density at radius 3 is 2.44 bits per heavy atom. The van der Waals surface area contributed by atoms with Gasteiger partial charge < -0.3 is 15.3 Å². The maximum Gasteiger partial charge on any atom is 0.317 e. The molecule has 1 atom stereocenters. The Labute approximate surface area is 108 Å². The molecule has 0 radical (unpaired) electrons. The number of hydrogen-bond acceptors (Lipinski definition) is 3. The van der Waals surface area contributed by atoms with Crippen molar-refractivity contribution in [2.24, 2.45) is 0 Å². The van der Waals surface area contributed by atoms with Crippen LogP contribution in [0.15, 0.2) is 0 Å². The zero-order valence-corrected chi connectivity index (χ0v) is 11.1. The summed E-state index contributed by atoms with van der Waals surface area (Å²) >= 11 is 0. The molecule has 0 saturated carbocycles. The number of carbonyl (C=O) groups excluding carboxylic acids is 1. The predicted octanol–water partition coefficient (Wildman–Crippen LogP) is 1.57. The molecule has 0 aliphatic carbocycles. The van der Waals surface area contributed by atoms with Crippen LogP contribution in [0.1, 0.15) is 40.0 Å². The van der Waals surface area contributed by atoms with Crippen molar-refractivity contribution in [2.45, 2.75) is 52.1 Å². The van der Waals surface area contributed by atoms with E-state index in [1.54, 1.807) is 0 Å². The first-order chi connectivity index (χ1) is 8.42. The van der Waals surface area contributed by atoms with Gasteiger partial charge in [0.25, 0.3) is 0 Å². The molecule has 102 valence electrons. The van der Waals surface area contributed by atoms with E-state index < -0.39 is 5.97 Å². The van der Waals surface area contributed by atoms with Crippen LogP contribution in [0.2, 0.25) is 0 Å². The van der Waals surface area contributed by atoms with Crippen molar-refractivity contribution < 1.29 is 14.7 Å². The van der Waals surface area contributed by atoms with Gasteiger partial charge >= 0.3 is 12.0 Å². The molecule has 0 heterocycles. The maximum atomic E-state index is 12.0. The van der Waals surface area contributed by atoms with Gasteiger partial charge in [-0.3, -0.25) is 4.79 Å². The zero-order valence-electron chi connectivity index (χ0n) is 11.1. The van der Waals surface area contributed by atoms with Crippen LogP contribution < -0.4 is 5.32 Å². The number of nitrogens with zero attached hydrogens (tertiary/aromatic N) is 2. The van der Waals surface area contributed by atoms with Gasteiger partial charge in [-0.2, -0.15) is 5.26 Å². The first kappa shape index (κ1) is 16.2. The number of carboxylic acids is 1. The highest BCUT2D eigenvalue weighted by Gasteiger charge is 2.20. The average Bonchev–Trinajstić information content (AvgIpc) is 2.27. The lowest BCUT2D eigenvalue weighted by atomic mass is 10.1. The van der Waals surface area contributed by atoms with E-state index in [2.05, 4.69) is 5.32 Å². The highest BCUT2D eigenvalue weighted by Crippen LogP contribution is 2.04. The third-order valence-corrected chi connectivity index (χ3v) is 2.59. The molecule has 0 aromatic carbocycles. The fourth-order valence-corrected chi connectivity index (χ4v) is 1.53. The predicted molar refractivity (Wildman–Crippen MR) is 66.9 cm³/mol. The molecule has 2 amide bonds. The van der Waals surface area contributed by atoms with Crippen molar-refractivity contribution in [2.75, 3.05) is 6.54 Å². The molecule has 0 spiro atoms. The number of carbonyl (C=O) groups is 2. The monoisotopic (exact) mass is 255 g/mol. The first-order valence-corrected chi connectivity index (χ1v) is 6.08. The Bertz CT molecular complexity index is 323. The summed E-state index contributed by atoms with van der Waals surface area (Å²) in [7, 11) is 0. The van der Waals surface area contributed by atoms with Gasteiger partial charge in [-0.25, -0.2) is 4.79 Å². The molecule has 1 unspecified atom stereocenters. The smallest absolute Gasteiger partial charge is 0.317 e. The van der Waals surface area contributed by atoms with E-state index in [0.29, 0.717) is 13.0 Å². The molecule has 0 rings (SSSR count). The Balaban J connectivity index is 4.48. The van der Waals surface area contributed by atoms with Crippen LogP contribution in [-0.2, 0) is 4.79 Å². The summed E-state index contributed by atoms with van der Waals surface area (Å²) in [5.41, 5.74) is 0. The van der Waals surface area contributed by atoms with E-state index in [1.807, 2.05) is 26.8 Å². The Hall–Kier alpha value is -1.77. The molecular weight excluding hydrogens is 234 g/mol. The van der Waals surface area contributed by atoms with Gasteiger partial charge in [-0.1, -0.05) is 6.92 Å². The number of nitriles is 1. The van der Waals surface area contributed by atoms with E-state index >= 15 is 0 Å². The zero-order chi connectivity index (χ0) is 14.1. The minimum absolute atomic E-state index is 0.0271. The summed E-state index contributed by atoms with van der Waals surface area (Å²) in [6, 6.07) is 1.28. The number of rotatable bonds is 7. The molecule has 6 heteroatoms. The van der Waals surface area contributed by atoms with E-state index in [0.717, 1.165) is 0 Å². The highest BCUT2D eigenvalue weighted by atomic mass is 16.4. The van der Waals surface area contributed by atoms with Crippen molar-refractivity contribution in [1.82, 2.24) is 10.2 Å². The van der Waals surface area contributed by atoms with Crippen molar-refractivity contribution in [3.63, 3.8) is 0 Å². The topological polar surface area (TPSA) is 93.4 Å². The van der Waals surface area contributed by atoms with Crippen molar-refractivity contribution in [3.8, 4) is 6.07 Å². The summed E-state index contributed by atoms with van der Waals surface area (Å²) in [5.74, 6) is -0.935. The van der Waals surface area contributed by atoms with Gasteiger partial charge in [-0.05, 0) is 20.3 Å². The summed E-state index contributed by atoms with van der Waals surface area (Å²) < 4.78 is 0. The number of carboxylic acid groups (broad SMARTS) is 1. The van der Waals surface area contributed by atoms with Crippen LogP contribution in [0.5, 0.6) is 0 Å². The summed E-state index contributed by atoms with van der Waals surface area (Å²) in [5, 5.41) is 19.9. The van der Waals surface area contributed by atoms with E-state index in [1.165, 1.54) is 4.90 Å². The SMILES string of the molecule is CCC(CC(=O)O)NC(=O)N(CCC#N)C(C)C. The van der Waals surface area contributed by atoms with Crippen LogP contribution in [0, 0.1) is 11.3 Å². The molecule has 0 bridgehead atoms. The van der Waals surface area contributed by atoms with Crippen LogP contribution in [0.4, 0.5) is 4.79 Å². The lowest BCUT2D eigenvalue weighted by molar-refractivity contribution is -0.137. The molecule has 0 aliphatic heterocycles. The average molecular weight is 255 g/mol. The van der Waals surface area contributed by atoms with Crippen LogP contribution in [0.25, 0.3) is 0 Å². The first-order valence-electron chi connectivity index (χ1n) is 6.08. The lowest BCUT2D eigenvalue weighted by Crippen LogP contribution is -2.48. The number of nitrogens with one attached hydrogen (secondary N) is 1. The Kier molecular flexibility index (Phi) is 7.52. The van der Waals surface area contributed by atoms with Crippen LogP contribution in [-0.4, -0.2) is 40.6 Å². The number of urea groups is 1. The van der Waals surface area contributed by atoms with Gasteiger partial charge in [0.05, 0.1) is 18.9 Å². The second kappa shape index (κ2) is 8.34. The quantitative estimate of drug-likeness (QED) is 0.722. The number of amides is 2. The molecule has 0 aliphatic rings. The van der Waals surface area contributed by atoms with Gasteiger partial charge in [-0.15, -0.1) is 0 Å². The third kappa shape index (κ3) is 6.09. The Morgan fingerprint density at radius 1 is 1.44 bits per heavy atom. The van der Waals surface area contributed by atoms with Crippen LogP contribution in [0.3, 0.4) is 0 Å². The number of hydrogen-bond donors (Lipinski definition) is 2. The molecule has 2 N–H and O–H groups in total. The van der Waals surface area contributed by atoms with E-state index in [9.17, 15) is 9.59 Å². The minimum atomic E-state index is -0.935. The largest absolute Gasteiger partial charge is 0.481 e.